The number of benzene rings is 1. The lowest BCUT2D eigenvalue weighted by atomic mass is 10.2. The van der Waals surface area contributed by atoms with E-state index in [4.69, 9.17) is 0 Å². The highest BCUT2D eigenvalue weighted by atomic mass is 79.9. The van der Waals surface area contributed by atoms with Gasteiger partial charge in [0, 0.05) is 31.4 Å². The first kappa shape index (κ1) is 13.7. The second-order valence-corrected chi connectivity index (χ2v) is 4.58. The van der Waals surface area contributed by atoms with Crippen molar-refractivity contribution in [2.75, 3.05) is 17.7 Å². The van der Waals surface area contributed by atoms with Crippen LogP contribution in [0.3, 0.4) is 0 Å². The van der Waals surface area contributed by atoms with E-state index in [1.165, 1.54) is 12.1 Å². The molecule has 0 aliphatic rings. The molecule has 0 unspecified atom stereocenters. The zero-order valence-corrected chi connectivity index (χ0v) is 11.6. The summed E-state index contributed by atoms with van der Waals surface area (Å²) in [5.74, 6) is -0.207. The van der Waals surface area contributed by atoms with E-state index in [1.807, 2.05) is 0 Å². The van der Waals surface area contributed by atoms with Gasteiger partial charge in [0.15, 0.2) is 0 Å². The third-order valence-electron chi connectivity index (χ3n) is 2.43. The highest BCUT2D eigenvalue weighted by Gasteiger charge is 2.07. The van der Waals surface area contributed by atoms with Gasteiger partial charge in [-0.25, -0.2) is 13.8 Å². The van der Waals surface area contributed by atoms with Crippen LogP contribution in [0, 0.1) is 11.6 Å². The Labute approximate surface area is 117 Å². The summed E-state index contributed by atoms with van der Waals surface area (Å²) in [5, 5.41) is 5.77. The molecule has 2 N–H and O–H groups in total. The maximum Gasteiger partial charge on any atom is 0.224 e. The fourth-order valence-electron chi connectivity index (χ4n) is 1.46. The Morgan fingerprint density at radius 3 is 2.79 bits per heavy atom. The van der Waals surface area contributed by atoms with Crippen molar-refractivity contribution in [3.05, 3.63) is 46.1 Å². The second-order valence-electron chi connectivity index (χ2n) is 3.73. The van der Waals surface area contributed by atoms with Crippen molar-refractivity contribution in [3.63, 3.8) is 0 Å². The number of hydrogen-bond donors (Lipinski definition) is 2. The first-order chi connectivity index (χ1) is 9.10. The molecular formula is C12H11BrF2N4. The minimum absolute atomic E-state index is 0.199. The number of anilines is 2. The summed E-state index contributed by atoms with van der Waals surface area (Å²) in [5.41, 5.74) is 0.359. The second kappa shape index (κ2) is 5.92. The Morgan fingerprint density at radius 1 is 1.32 bits per heavy atom. The Bertz CT molecular complexity index is 592. The van der Waals surface area contributed by atoms with E-state index in [-0.39, 0.29) is 6.54 Å². The molecular weight excluding hydrogens is 318 g/mol. The number of hydrogen-bond acceptors (Lipinski definition) is 4. The molecule has 7 heteroatoms. The summed E-state index contributed by atoms with van der Waals surface area (Å²) in [6.07, 6.45) is 1.59. The molecule has 2 rings (SSSR count). The fraction of sp³-hybridized carbons (Fsp3) is 0.167. The molecule has 0 saturated carbocycles. The van der Waals surface area contributed by atoms with E-state index >= 15 is 0 Å². The topological polar surface area (TPSA) is 49.8 Å². The number of nitrogens with zero attached hydrogens (tertiary/aromatic N) is 2. The van der Waals surface area contributed by atoms with Gasteiger partial charge in [-0.1, -0.05) is 6.07 Å². The molecule has 0 saturated heterocycles. The molecule has 19 heavy (non-hydrogen) atoms. The molecule has 0 radical (unpaired) electrons. The Hall–Kier alpha value is -1.76. The van der Waals surface area contributed by atoms with E-state index in [2.05, 4.69) is 36.5 Å². The van der Waals surface area contributed by atoms with Crippen molar-refractivity contribution in [1.82, 2.24) is 9.97 Å². The monoisotopic (exact) mass is 328 g/mol. The van der Waals surface area contributed by atoms with Crippen LogP contribution >= 0.6 is 15.9 Å². The Morgan fingerprint density at radius 2 is 2.11 bits per heavy atom. The van der Waals surface area contributed by atoms with Crippen molar-refractivity contribution >= 4 is 27.7 Å². The number of rotatable bonds is 4. The van der Waals surface area contributed by atoms with Gasteiger partial charge in [-0.2, -0.15) is 4.98 Å². The van der Waals surface area contributed by atoms with Crippen LogP contribution in [0.5, 0.6) is 0 Å². The van der Waals surface area contributed by atoms with Crippen molar-refractivity contribution in [1.29, 1.82) is 0 Å². The van der Waals surface area contributed by atoms with Crippen LogP contribution in [0.25, 0.3) is 0 Å². The van der Waals surface area contributed by atoms with E-state index in [9.17, 15) is 8.78 Å². The fourth-order valence-corrected chi connectivity index (χ4v) is 1.79. The molecule has 0 amide bonds. The summed E-state index contributed by atoms with van der Waals surface area (Å²) in [4.78, 5) is 8.19. The van der Waals surface area contributed by atoms with Crippen LogP contribution in [-0.4, -0.2) is 17.0 Å². The summed E-state index contributed by atoms with van der Waals surface area (Å²) in [7, 11) is 1.70. The first-order valence-corrected chi connectivity index (χ1v) is 6.27. The average Bonchev–Trinajstić information content (AvgIpc) is 2.39. The molecule has 1 heterocycles. The van der Waals surface area contributed by atoms with Crippen LogP contribution in [0.4, 0.5) is 20.5 Å². The van der Waals surface area contributed by atoms with Crippen LogP contribution in [0.2, 0.25) is 0 Å². The standard InChI is InChI=1S/C12H11BrF2N4/c1-16-12-18-6-9(13)11(19-12)17-5-7-2-3-8(14)4-10(7)15/h2-4,6H,5H2,1H3,(H2,16,17,18,19). The van der Waals surface area contributed by atoms with Crippen molar-refractivity contribution in [2.45, 2.75) is 6.54 Å². The highest BCUT2D eigenvalue weighted by Crippen LogP contribution is 2.21. The van der Waals surface area contributed by atoms with Gasteiger partial charge in [0.25, 0.3) is 0 Å². The van der Waals surface area contributed by atoms with E-state index < -0.39 is 11.6 Å². The number of nitrogens with one attached hydrogen (secondary N) is 2. The summed E-state index contributed by atoms with van der Waals surface area (Å²) < 4.78 is 26.9. The molecule has 0 spiro atoms. The molecule has 0 aliphatic heterocycles. The summed E-state index contributed by atoms with van der Waals surface area (Å²) in [6, 6.07) is 3.46. The van der Waals surface area contributed by atoms with Crippen molar-refractivity contribution in [3.8, 4) is 0 Å². The maximum atomic E-state index is 13.5. The van der Waals surface area contributed by atoms with Crippen LogP contribution < -0.4 is 10.6 Å². The van der Waals surface area contributed by atoms with Gasteiger partial charge >= 0.3 is 0 Å². The molecule has 1 aromatic heterocycles. The van der Waals surface area contributed by atoms with Crippen LogP contribution in [0.1, 0.15) is 5.56 Å². The predicted octanol–water partition coefficient (Wildman–Crippen LogP) is 3.17. The smallest absolute Gasteiger partial charge is 0.224 e. The molecule has 1 aromatic carbocycles. The summed E-state index contributed by atoms with van der Waals surface area (Å²) >= 11 is 3.29. The summed E-state index contributed by atoms with van der Waals surface area (Å²) in [6.45, 7) is 0.199. The predicted molar refractivity (Wildman–Crippen MR) is 73.0 cm³/mol. The lowest BCUT2D eigenvalue weighted by molar-refractivity contribution is 0.574. The Balaban J connectivity index is 2.14. The van der Waals surface area contributed by atoms with Gasteiger partial charge in [0.2, 0.25) is 5.95 Å². The maximum absolute atomic E-state index is 13.5. The average molecular weight is 329 g/mol. The molecule has 0 atom stereocenters. The molecule has 100 valence electrons. The molecule has 4 nitrogen and oxygen atoms in total. The minimum atomic E-state index is -0.595. The Kier molecular flexibility index (Phi) is 4.26. The largest absolute Gasteiger partial charge is 0.365 e. The normalized spacial score (nSPS) is 10.3. The van der Waals surface area contributed by atoms with Crippen molar-refractivity contribution in [2.24, 2.45) is 0 Å². The van der Waals surface area contributed by atoms with Gasteiger partial charge in [-0.3, -0.25) is 0 Å². The highest BCUT2D eigenvalue weighted by molar-refractivity contribution is 9.10. The van der Waals surface area contributed by atoms with E-state index in [1.54, 1.807) is 13.2 Å². The van der Waals surface area contributed by atoms with Gasteiger partial charge < -0.3 is 10.6 Å². The molecule has 0 bridgehead atoms. The van der Waals surface area contributed by atoms with E-state index in [0.29, 0.717) is 21.8 Å². The first-order valence-electron chi connectivity index (χ1n) is 5.48. The molecule has 0 aliphatic carbocycles. The van der Waals surface area contributed by atoms with Crippen LogP contribution in [0.15, 0.2) is 28.9 Å². The SMILES string of the molecule is CNc1ncc(Br)c(NCc2ccc(F)cc2F)n1. The van der Waals surface area contributed by atoms with Gasteiger partial charge in [0.05, 0.1) is 4.47 Å². The van der Waals surface area contributed by atoms with Crippen LogP contribution in [-0.2, 0) is 6.54 Å². The zero-order valence-electron chi connectivity index (χ0n) is 10.0. The third kappa shape index (κ3) is 3.37. The van der Waals surface area contributed by atoms with E-state index in [0.717, 1.165) is 6.07 Å². The van der Waals surface area contributed by atoms with Gasteiger partial charge in [0.1, 0.15) is 17.5 Å². The third-order valence-corrected chi connectivity index (χ3v) is 3.01. The molecule has 0 fully saturated rings. The van der Waals surface area contributed by atoms with Gasteiger partial charge in [-0.05, 0) is 22.0 Å². The molecule has 2 aromatic rings. The lowest BCUT2D eigenvalue weighted by Crippen LogP contribution is -2.06. The van der Waals surface area contributed by atoms with Gasteiger partial charge in [-0.15, -0.1) is 0 Å². The number of aromatic nitrogens is 2. The quantitative estimate of drug-likeness (QED) is 0.905. The number of halogens is 3. The lowest BCUT2D eigenvalue weighted by Gasteiger charge is -2.09. The zero-order chi connectivity index (χ0) is 13.8. The minimum Gasteiger partial charge on any atom is -0.365 e. The van der Waals surface area contributed by atoms with Crippen molar-refractivity contribution < 1.29 is 8.78 Å².